The van der Waals surface area contributed by atoms with Gasteiger partial charge in [0.25, 0.3) is 0 Å². The van der Waals surface area contributed by atoms with Gasteiger partial charge in [0.15, 0.2) is 0 Å². The van der Waals surface area contributed by atoms with Crippen LogP contribution in [0, 0.1) is 0 Å². The predicted octanol–water partition coefficient (Wildman–Crippen LogP) is -0.363. The van der Waals surface area contributed by atoms with Crippen molar-refractivity contribution in [3.63, 3.8) is 0 Å². The van der Waals surface area contributed by atoms with Crippen molar-refractivity contribution in [2.24, 2.45) is 0 Å². The molecule has 0 aromatic rings. The smallest absolute Gasteiger partial charge is 0.237 e. The quantitative estimate of drug-likeness (QED) is 0.686. The molecule has 0 saturated carbocycles. The van der Waals surface area contributed by atoms with Gasteiger partial charge in [-0.25, -0.2) is 0 Å². The van der Waals surface area contributed by atoms with E-state index in [1.165, 1.54) is 0 Å². The minimum absolute atomic E-state index is 0.0126. The van der Waals surface area contributed by atoms with Crippen LogP contribution >= 0.6 is 0 Å². The summed E-state index contributed by atoms with van der Waals surface area (Å²) in [6, 6.07) is -0.151. The minimum Gasteiger partial charge on any atom is -0.380 e. The molecule has 4 unspecified atom stereocenters. The van der Waals surface area contributed by atoms with Crippen LogP contribution in [-0.4, -0.2) is 54.0 Å². The number of ether oxygens (including phenoxy) is 1. The van der Waals surface area contributed by atoms with Crippen molar-refractivity contribution >= 4 is 16.7 Å². The lowest BCUT2D eigenvalue weighted by Crippen LogP contribution is -2.41. The summed E-state index contributed by atoms with van der Waals surface area (Å²) < 4.78 is 16.3. The number of methoxy groups -OCH3 is 1. The first-order chi connectivity index (χ1) is 8.04. The van der Waals surface area contributed by atoms with Crippen LogP contribution in [-0.2, 0) is 20.3 Å². The molecule has 1 heterocycles. The summed E-state index contributed by atoms with van der Waals surface area (Å²) in [5.74, 6) is 0.0126. The minimum atomic E-state index is -0.821. The van der Waals surface area contributed by atoms with Crippen LogP contribution < -0.4 is 10.6 Å². The van der Waals surface area contributed by atoms with Gasteiger partial charge in [0.1, 0.15) is 0 Å². The van der Waals surface area contributed by atoms with E-state index in [4.69, 9.17) is 4.74 Å². The highest BCUT2D eigenvalue weighted by atomic mass is 32.2. The summed E-state index contributed by atoms with van der Waals surface area (Å²) >= 11 is 0. The van der Waals surface area contributed by atoms with Gasteiger partial charge in [-0.15, -0.1) is 0 Å². The normalized spacial score (nSPS) is 27.7. The summed E-state index contributed by atoms with van der Waals surface area (Å²) in [7, 11) is 0.837. The molecule has 6 heteroatoms. The molecule has 5 nitrogen and oxygen atoms in total. The Labute approximate surface area is 105 Å². The average Bonchev–Trinajstić information content (AvgIpc) is 2.77. The van der Waals surface area contributed by atoms with Gasteiger partial charge in [-0.1, -0.05) is 6.92 Å². The van der Waals surface area contributed by atoms with Gasteiger partial charge < -0.3 is 15.4 Å². The number of hydrogen-bond acceptors (Lipinski definition) is 4. The van der Waals surface area contributed by atoms with Crippen LogP contribution in [0.25, 0.3) is 0 Å². The molecule has 1 fully saturated rings. The first kappa shape index (κ1) is 14.6. The van der Waals surface area contributed by atoms with E-state index >= 15 is 0 Å². The van der Waals surface area contributed by atoms with Crippen molar-refractivity contribution in [3.05, 3.63) is 0 Å². The molecule has 17 heavy (non-hydrogen) atoms. The molecule has 2 N–H and O–H groups in total. The maximum absolute atomic E-state index is 11.8. The van der Waals surface area contributed by atoms with Gasteiger partial charge in [0, 0.05) is 42.5 Å². The Bertz CT molecular complexity index is 286. The highest BCUT2D eigenvalue weighted by Crippen LogP contribution is 2.09. The van der Waals surface area contributed by atoms with Crippen LogP contribution in [0.1, 0.15) is 19.8 Å². The molecular weight excluding hydrogens is 240 g/mol. The van der Waals surface area contributed by atoms with E-state index in [1.54, 1.807) is 13.4 Å². The molecule has 0 radical (unpaired) electrons. The number of hydrogen-bond donors (Lipinski definition) is 2. The van der Waals surface area contributed by atoms with Crippen molar-refractivity contribution in [1.82, 2.24) is 10.6 Å². The first-order valence-corrected chi connectivity index (χ1v) is 7.52. The standard InChI is InChI=1S/C11H22N2O3S/c1-8(17(3)15)4-5-12-11(14)10-6-9(16-2)7-13-10/h8-10,13H,4-7H2,1-3H3,(H,12,14). The Balaban J connectivity index is 2.20. The summed E-state index contributed by atoms with van der Waals surface area (Å²) in [5.41, 5.74) is 0. The second-order valence-electron chi connectivity index (χ2n) is 4.44. The van der Waals surface area contributed by atoms with Gasteiger partial charge in [0.05, 0.1) is 12.1 Å². The van der Waals surface area contributed by atoms with Gasteiger partial charge in [0.2, 0.25) is 5.91 Å². The summed E-state index contributed by atoms with van der Waals surface area (Å²) in [4.78, 5) is 11.8. The summed E-state index contributed by atoms with van der Waals surface area (Å²) in [6.07, 6.45) is 3.29. The fourth-order valence-corrected chi connectivity index (χ4v) is 2.22. The van der Waals surface area contributed by atoms with E-state index in [9.17, 15) is 9.00 Å². The predicted molar refractivity (Wildman–Crippen MR) is 68.4 cm³/mol. The third-order valence-corrected chi connectivity index (χ3v) is 4.53. The topological polar surface area (TPSA) is 67.4 Å². The lowest BCUT2D eigenvalue weighted by atomic mass is 10.2. The van der Waals surface area contributed by atoms with Gasteiger partial charge >= 0.3 is 0 Å². The van der Waals surface area contributed by atoms with Crippen LogP contribution in [0.2, 0.25) is 0 Å². The van der Waals surface area contributed by atoms with Crippen molar-refractivity contribution in [2.75, 3.05) is 26.5 Å². The van der Waals surface area contributed by atoms with Crippen LogP contribution in [0.5, 0.6) is 0 Å². The fourth-order valence-electron chi connectivity index (χ4n) is 1.77. The first-order valence-electron chi connectivity index (χ1n) is 5.90. The lowest BCUT2D eigenvalue weighted by Gasteiger charge is -2.13. The molecule has 4 atom stereocenters. The zero-order chi connectivity index (χ0) is 12.8. The maximum atomic E-state index is 11.8. The molecule has 0 spiro atoms. The molecule has 0 aromatic heterocycles. The highest BCUT2D eigenvalue weighted by Gasteiger charge is 2.28. The third-order valence-electron chi connectivity index (χ3n) is 3.16. The average molecular weight is 262 g/mol. The molecule has 1 aliphatic rings. The number of carbonyl (C=O) groups excluding carboxylic acids is 1. The molecule has 1 aliphatic heterocycles. The van der Waals surface area contributed by atoms with E-state index in [-0.39, 0.29) is 23.3 Å². The van der Waals surface area contributed by atoms with E-state index in [0.29, 0.717) is 6.54 Å². The largest absolute Gasteiger partial charge is 0.380 e. The van der Waals surface area contributed by atoms with Crippen LogP contribution in [0.3, 0.4) is 0 Å². The van der Waals surface area contributed by atoms with Crippen molar-refractivity contribution in [1.29, 1.82) is 0 Å². The van der Waals surface area contributed by atoms with Gasteiger partial charge in [-0.3, -0.25) is 9.00 Å². The van der Waals surface area contributed by atoms with E-state index in [1.807, 2.05) is 6.92 Å². The number of nitrogens with one attached hydrogen (secondary N) is 2. The molecule has 0 aromatic carbocycles. The Hall–Kier alpha value is -0.460. The number of amides is 1. The van der Waals surface area contributed by atoms with Crippen molar-refractivity contribution in [3.8, 4) is 0 Å². The number of carbonyl (C=O) groups is 1. The maximum Gasteiger partial charge on any atom is 0.237 e. The summed E-state index contributed by atoms with van der Waals surface area (Å²) in [6.45, 7) is 3.23. The third kappa shape index (κ3) is 4.73. The molecular formula is C11H22N2O3S. The van der Waals surface area contributed by atoms with Crippen molar-refractivity contribution in [2.45, 2.75) is 37.2 Å². The van der Waals surface area contributed by atoms with Gasteiger partial charge in [-0.05, 0) is 12.8 Å². The second-order valence-corrected chi connectivity index (χ2v) is 6.25. The zero-order valence-electron chi connectivity index (χ0n) is 10.7. The Morgan fingerprint density at radius 2 is 2.35 bits per heavy atom. The van der Waals surface area contributed by atoms with E-state index in [0.717, 1.165) is 19.4 Å². The van der Waals surface area contributed by atoms with Crippen LogP contribution in [0.4, 0.5) is 0 Å². The molecule has 0 bridgehead atoms. The molecule has 1 rings (SSSR count). The highest BCUT2D eigenvalue weighted by molar-refractivity contribution is 7.84. The summed E-state index contributed by atoms with van der Waals surface area (Å²) in [5, 5.41) is 6.11. The Morgan fingerprint density at radius 1 is 1.65 bits per heavy atom. The van der Waals surface area contributed by atoms with E-state index in [2.05, 4.69) is 10.6 Å². The lowest BCUT2D eigenvalue weighted by molar-refractivity contribution is -0.122. The Kier molecular flexibility index (Phi) is 6.08. The molecule has 1 saturated heterocycles. The Morgan fingerprint density at radius 3 is 2.88 bits per heavy atom. The monoisotopic (exact) mass is 262 g/mol. The molecule has 100 valence electrons. The van der Waals surface area contributed by atoms with E-state index < -0.39 is 10.8 Å². The zero-order valence-corrected chi connectivity index (χ0v) is 11.5. The molecule has 1 amide bonds. The van der Waals surface area contributed by atoms with Gasteiger partial charge in [-0.2, -0.15) is 0 Å². The van der Waals surface area contributed by atoms with Crippen LogP contribution in [0.15, 0.2) is 0 Å². The number of rotatable bonds is 6. The SMILES string of the molecule is COC1CNC(C(=O)NCCC(C)S(C)=O)C1. The second kappa shape index (κ2) is 7.08. The molecule has 0 aliphatic carbocycles. The van der Waals surface area contributed by atoms with Crippen molar-refractivity contribution < 1.29 is 13.7 Å². The fraction of sp³-hybridized carbons (Fsp3) is 0.909.